The second kappa shape index (κ2) is 6.68. The summed E-state index contributed by atoms with van der Waals surface area (Å²) < 4.78 is 14.8. The van der Waals surface area contributed by atoms with E-state index in [0.717, 1.165) is 15.6 Å². The summed E-state index contributed by atoms with van der Waals surface area (Å²) in [6, 6.07) is 10.3. The van der Waals surface area contributed by atoms with Crippen LogP contribution in [0.3, 0.4) is 0 Å². The van der Waals surface area contributed by atoms with Gasteiger partial charge in [-0.3, -0.25) is 11.3 Å². The van der Waals surface area contributed by atoms with Gasteiger partial charge in [-0.05, 0) is 48.2 Å². The molecule has 0 aromatic heterocycles. The molecule has 0 heterocycles. The molecule has 1 atom stereocenters. The van der Waals surface area contributed by atoms with Gasteiger partial charge in [0.1, 0.15) is 5.82 Å². The van der Waals surface area contributed by atoms with Crippen molar-refractivity contribution < 1.29 is 4.39 Å². The first-order valence-electron chi connectivity index (χ1n) is 6.18. The van der Waals surface area contributed by atoms with Gasteiger partial charge in [0.2, 0.25) is 0 Å². The van der Waals surface area contributed by atoms with Gasteiger partial charge in [-0.1, -0.05) is 45.7 Å². The summed E-state index contributed by atoms with van der Waals surface area (Å²) in [4.78, 5) is 0. The van der Waals surface area contributed by atoms with Crippen LogP contribution in [0.25, 0.3) is 0 Å². The van der Waals surface area contributed by atoms with Gasteiger partial charge in [0.15, 0.2) is 0 Å². The summed E-state index contributed by atoms with van der Waals surface area (Å²) in [7, 11) is 0. The van der Waals surface area contributed by atoms with Crippen molar-refractivity contribution in [2.75, 3.05) is 0 Å². The van der Waals surface area contributed by atoms with Crippen LogP contribution in [-0.2, 0) is 6.42 Å². The third-order valence-corrected chi connectivity index (χ3v) is 4.55. The van der Waals surface area contributed by atoms with Crippen molar-refractivity contribution >= 4 is 27.5 Å². The van der Waals surface area contributed by atoms with E-state index in [2.05, 4.69) is 21.4 Å². The largest absolute Gasteiger partial charge is 0.271 e. The van der Waals surface area contributed by atoms with E-state index < -0.39 is 0 Å². The van der Waals surface area contributed by atoms with Crippen LogP contribution in [0.4, 0.5) is 4.39 Å². The van der Waals surface area contributed by atoms with Crippen LogP contribution < -0.4 is 11.3 Å². The Morgan fingerprint density at radius 3 is 2.80 bits per heavy atom. The van der Waals surface area contributed by atoms with Crippen LogP contribution in [0.15, 0.2) is 40.9 Å². The van der Waals surface area contributed by atoms with Gasteiger partial charge >= 0.3 is 0 Å². The Morgan fingerprint density at radius 2 is 2.10 bits per heavy atom. The van der Waals surface area contributed by atoms with Gasteiger partial charge < -0.3 is 0 Å². The number of rotatable bonds is 4. The number of hydrogen-bond acceptors (Lipinski definition) is 2. The Hall–Kier alpha value is -0.940. The van der Waals surface area contributed by atoms with Gasteiger partial charge in [0, 0.05) is 9.50 Å². The molecule has 1 unspecified atom stereocenters. The minimum atomic E-state index is -0.279. The molecule has 0 radical (unpaired) electrons. The molecule has 0 aliphatic rings. The van der Waals surface area contributed by atoms with Crippen molar-refractivity contribution in [3.63, 3.8) is 0 Å². The molecule has 2 rings (SSSR count). The highest BCUT2D eigenvalue weighted by atomic mass is 79.9. The minimum absolute atomic E-state index is 0.197. The van der Waals surface area contributed by atoms with Crippen LogP contribution in [0.2, 0.25) is 5.02 Å². The summed E-state index contributed by atoms with van der Waals surface area (Å²) >= 11 is 9.47. The highest BCUT2D eigenvalue weighted by Gasteiger charge is 2.16. The normalized spacial score (nSPS) is 12.4. The summed E-state index contributed by atoms with van der Waals surface area (Å²) in [5, 5.41) is 0.514. The number of aryl methyl sites for hydroxylation is 1. The third kappa shape index (κ3) is 3.38. The maximum absolute atomic E-state index is 13.8. The molecular formula is C15H15BrClFN2. The van der Waals surface area contributed by atoms with Gasteiger partial charge in [-0.15, -0.1) is 0 Å². The summed E-state index contributed by atoms with van der Waals surface area (Å²) in [6.45, 7) is 2.00. The monoisotopic (exact) mass is 356 g/mol. The zero-order chi connectivity index (χ0) is 14.7. The van der Waals surface area contributed by atoms with E-state index in [1.165, 1.54) is 12.1 Å². The number of nitrogens with one attached hydrogen (secondary N) is 1. The molecule has 0 saturated heterocycles. The lowest BCUT2D eigenvalue weighted by Crippen LogP contribution is -2.30. The standard InChI is InChI=1S/C15H15BrClFN2/c1-9-3-2-4-12(15(9)16)14(20-19)8-10-7-11(17)5-6-13(10)18/h2-7,14,20H,8,19H2,1H3. The minimum Gasteiger partial charge on any atom is -0.271 e. The number of benzene rings is 2. The first-order chi connectivity index (χ1) is 9.52. The van der Waals surface area contributed by atoms with E-state index in [-0.39, 0.29) is 11.9 Å². The number of nitrogens with two attached hydrogens (primary N) is 1. The molecule has 0 aliphatic carbocycles. The van der Waals surface area contributed by atoms with Crippen LogP contribution in [0, 0.1) is 12.7 Å². The predicted octanol–water partition coefficient (Wildman–Crippen LogP) is 4.30. The van der Waals surface area contributed by atoms with E-state index in [9.17, 15) is 4.39 Å². The fraction of sp³-hybridized carbons (Fsp3) is 0.200. The van der Waals surface area contributed by atoms with Crippen LogP contribution in [0.5, 0.6) is 0 Å². The molecule has 0 amide bonds. The van der Waals surface area contributed by atoms with Crippen LogP contribution >= 0.6 is 27.5 Å². The molecule has 5 heteroatoms. The number of hydrazine groups is 1. The quantitative estimate of drug-likeness (QED) is 0.632. The molecule has 3 N–H and O–H groups in total. The van der Waals surface area contributed by atoms with E-state index in [1.54, 1.807) is 6.07 Å². The van der Waals surface area contributed by atoms with E-state index in [1.807, 2.05) is 25.1 Å². The molecule has 0 fully saturated rings. The van der Waals surface area contributed by atoms with Crippen molar-refractivity contribution in [2.45, 2.75) is 19.4 Å². The van der Waals surface area contributed by atoms with Crippen molar-refractivity contribution in [3.05, 3.63) is 68.4 Å². The SMILES string of the molecule is Cc1cccc(C(Cc2cc(Cl)ccc2F)NN)c1Br. The third-order valence-electron chi connectivity index (χ3n) is 3.23. The van der Waals surface area contributed by atoms with Crippen molar-refractivity contribution in [2.24, 2.45) is 5.84 Å². The Morgan fingerprint density at radius 1 is 1.35 bits per heavy atom. The summed E-state index contributed by atoms with van der Waals surface area (Å²) in [5.41, 5.74) is 5.38. The summed E-state index contributed by atoms with van der Waals surface area (Å²) in [6.07, 6.45) is 0.422. The molecule has 2 aromatic carbocycles. The lowest BCUT2D eigenvalue weighted by Gasteiger charge is -2.19. The molecule has 0 saturated carbocycles. The lowest BCUT2D eigenvalue weighted by atomic mass is 9.98. The van der Waals surface area contributed by atoms with E-state index in [0.29, 0.717) is 17.0 Å². The Balaban J connectivity index is 2.34. The molecule has 0 spiro atoms. The molecule has 20 heavy (non-hydrogen) atoms. The first kappa shape index (κ1) is 15.4. The molecule has 106 valence electrons. The lowest BCUT2D eigenvalue weighted by molar-refractivity contribution is 0.527. The second-order valence-corrected chi connectivity index (χ2v) is 5.87. The van der Waals surface area contributed by atoms with Gasteiger partial charge in [-0.25, -0.2) is 4.39 Å². The maximum atomic E-state index is 13.8. The molecule has 2 nitrogen and oxygen atoms in total. The first-order valence-corrected chi connectivity index (χ1v) is 7.35. The highest BCUT2D eigenvalue weighted by Crippen LogP contribution is 2.29. The second-order valence-electron chi connectivity index (χ2n) is 4.64. The fourth-order valence-electron chi connectivity index (χ4n) is 2.12. The predicted molar refractivity (Wildman–Crippen MR) is 84.1 cm³/mol. The van der Waals surface area contributed by atoms with Gasteiger partial charge in [0.25, 0.3) is 0 Å². The fourth-order valence-corrected chi connectivity index (χ4v) is 2.85. The van der Waals surface area contributed by atoms with Crippen molar-refractivity contribution in [1.82, 2.24) is 5.43 Å². The van der Waals surface area contributed by atoms with E-state index in [4.69, 9.17) is 17.4 Å². The number of hydrogen-bond donors (Lipinski definition) is 2. The van der Waals surface area contributed by atoms with E-state index >= 15 is 0 Å². The molecule has 2 aromatic rings. The average Bonchev–Trinajstić information content (AvgIpc) is 2.43. The van der Waals surface area contributed by atoms with Crippen LogP contribution in [-0.4, -0.2) is 0 Å². The molecule has 0 aliphatic heterocycles. The topological polar surface area (TPSA) is 38.0 Å². The zero-order valence-corrected chi connectivity index (χ0v) is 13.3. The summed E-state index contributed by atoms with van der Waals surface area (Å²) in [5.74, 6) is 5.35. The Labute approximate surface area is 131 Å². The van der Waals surface area contributed by atoms with Crippen molar-refractivity contribution in [1.29, 1.82) is 0 Å². The Kier molecular flexibility index (Phi) is 5.16. The smallest absolute Gasteiger partial charge is 0.126 e. The molecular weight excluding hydrogens is 343 g/mol. The van der Waals surface area contributed by atoms with Gasteiger partial charge in [0.05, 0.1) is 6.04 Å². The number of halogens is 3. The molecule has 0 bridgehead atoms. The maximum Gasteiger partial charge on any atom is 0.126 e. The highest BCUT2D eigenvalue weighted by molar-refractivity contribution is 9.10. The van der Waals surface area contributed by atoms with Crippen molar-refractivity contribution in [3.8, 4) is 0 Å². The van der Waals surface area contributed by atoms with Crippen LogP contribution in [0.1, 0.15) is 22.7 Å². The Bertz CT molecular complexity index is 619. The average molecular weight is 358 g/mol. The zero-order valence-electron chi connectivity index (χ0n) is 11.0. The van der Waals surface area contributed by atoms with Gasteiger partial charge in [-0.2, -0.15) is 0 Å².